The second-order valence-electron chi connectivity index (χ2n) is 10.3. The first-order valence-corrected chi connectivity index (χ1v) is 12.0. The Morgan fingerprint density at radius 3 is 2.71 bits per heavy atom. The number of fused-ring (bicyclic) bond motifs is 2. The highest BCUT2D eigenvalue weighted by Gasteiger charge is 2.24. The van der Waals surface area contributed by atoms with Crippen LogP contribution in [-0.2, 0) is 16.1 Å². The second kappa shape index (κ2) is 9.18. The molecule has 0 amide bonds. The Bertz CT molecular complexity index is 1280. The van der Waals surface area contributed by atoms with E-state index in [1.165, 1.54) is 5.56 Å². The van der Waals surface area contributed by atoms with Gasteiger partial charge >= 0.3 is 5.97 Å². The van der Waals surface area contributed by atoms with Gasteiger partial charge in [-0.05, 0) is 87.8 Å². The molecule has 176 valence electrons. The third-order valence-electron chi connectivity index (χ3n) is 6.37. The van der Waals surface area contributed by atoms with Crippen molar-refractivity contribution in [3.8, 4) is 11.3 Å². The molecule has 5 rings (SSSR count). The van der Waals surface area contributed by atoms with E-state index in [1.807, 2.05) is 51.4 Å². The van der Waals surface area contributed by atoms with Crippen molar-refractivity contribution in [2.45, 2.75) is 52.2 Å². The van der Waals surface area contributed by atoms with Crippen LogP contribution in [0.1, 0.15) is 45.6 Å². The Labute approximate surface area is 199 Å². The fourth-order valence-corrected chi connectivity index (χ4v) is 4.74. The number of carbonyl (C=O) groups excluding carboxylic acids is 1. The van der Waals surface area contributed by atoms with Gasteiger partial charge in [0.1, 0.15) is 11.4 Å². The van der Waals surface area contributed by atoms with Gasteiger partial charge in [-0.1, -0.05) is 12.1 Å². The minimum Gasteiger partial charge on any atom is -0.460 e. The molecular weight excluding hydrogens is 426 g/mol. The van der Waals surface area contributed by atoms with Crippen LogP contribution in [0.4, 0.5) is 0 Å². The van der Waals surface area contributed by atoms with Gasteiger partial charge in [-0.3, -0.25) is 14.7 Å². The molecule has 0 unspecified atom stereocenters. The maximum absolute atomic E-state index is 12.2. The Kier molecular flexibility index (Phi) is 6.09. The number of aromatic nitrogens is 2. The molecule has 0 saturated carbocycles. The zero-order chi connectivity index (χ0) is 23.7. The van der Waals surface area contributed by atoms with Crippen molar-refractivity contribution in [2.24, 2.45) is 5.92 Å². The van der Waals surface area contributed by atoms with Crippen molar-refractivity contribution in [3.63, 3.8) is 0 Å². The van der Waals surface area contributed by atoms with Crippen molar-refractivity contribution in [1.29, 1.82) is 0 Å². The number of ether oxygens (including phenoxy) is 1. The molecule has 0 atom stereocenters. The molecule has 1 aromatic carbocycles. The molecule has 0 N–H and O–H groups in total. The van der Waals surface area contributed by atoms with Crippen LogP contribution in [0.25, 0.3) is 33.2 Å². The number of pyridine rings is 2. The normalized spacial score (nSPS) is 15.7. The summed E-state index contributed by atoms with van der Waals surface area (Å²) in [7, 11) is 0. The fourth-order valence-electron chi connectivity index (χ4n) is 4.74. The topological polar surface area (TPSA) is 68.5 Å². The van der Waals surface area contributed by atoms with Crippen LogP contribution in [0.15, 0.2) is 59.4 Å². The smallest absolute Gasteiger partial charge is 0.306 e. The van der Waals surface area contributed by atoms with E-state index in [1.54, 1.807) is 6.20 Å². The quantitative estimate of drug-likeness (QED) is 0.343. The number of likely N-dealkylation sites (tertiary alicyclic amines) is 1. The minimum atomic E-state index is -0.416. The summed E-state index contributed by atoms with van der Waals surface area (Å²) in [5.41, 5.74) is 2.47. The van der Waals surface area contributed by atoms with Crippen molar-refractivity contribution in [2.75, 3.05) is 13.1 Å². The first-order valence-electron chi connectivity index (χ1n) is 12.0. The van der Waals surface area contributed by atoms with E-state index in [0.29, 0.717) is 18.1 Å². The number of esters is 1. The predicted molar refractivity (Wildman–Crippen MR) is 133 cm³/mol. The number of hydrogen-bond acceptors (Lipinski definition) is 6. The number of hydrogen-bond donors (Lipinski definition) is 0. The summed E-state index contributed by atoms with van der Waals surface area (Å²) in [4.78, 5) is 23.4. The first-order chi connectivity index (χ1) is 16.3. The largest absolute Gasteiger partial charge is 0.460 e. The van der Waals surface area contributed by atoms with E-state index in [-0.39, 0.29) is 5.97 Å². The lowest BCUT2D eigenvalue weighted by Gasteiger charge is -2.32. The van der Waals surface area contributed by atoms with Crippen molar-refractivity contribution >= 4 is 27.8 Å². The molecule has 6 heteroatoms. The van der Waals surface area contributed by atoms with Crippen LogP contribution in [0.2, 0.25) is 0 Å². The fraction of sp³-hybridized carbons (Fsp3) is 0.393. The molecule has 6 nitrogen and oxygen atoms in total. The molecule has 0 aliphatic carbocycles. The van der Waals surface area contributed by atoms with Crippen molar-refractivity contribution in [1.82, 2.24) is 14.9 Å². The molecule has 4 aromatic rings. The van der Waals surface area contributed by atoms with E-state index < -0.39 is 5.60 Å². The molecule has 4 heterocycles. The Morgan fingerprint density at radius 2 is 1.94 bits per heavy atom. The molecule has 1 aliphatic rings. The monoisotopic (exact) mass is 457 g/mol. The van der Waals surface area contributed by atoms with Crippen molar-refractivity contribution < 1.29 is 13.9 Å². The van der Waals surface area contributed by atoms with Gasteiger partial charge in [-0.15, -0.1) is 0 Å². The van der Waals surface area contributed by atoms with Crippen LogP contribution in [0.5, 0.6) is 0 Å². The maximum atomic E-state index is 12.2. The van der Waals surface area contributed by atoms with Gasteiger partial charge in [0.2, 0.25) is 5.71 Å². The van der Waals surface area contributed by atoms with E-state index in [4.69, 9.17) is 9.15 Å². The summed E-state index contributed by atoms with van der Waals surface area (Å²) in [6, 6.07) is 12.5. The SMILES string of the molecule is CC(C)(C)OC(=O)CC1CCN(Cc2ccc3cncc(-c4cc5cccnc5o4)c3c2)CC1. The van der Waals surface area contributed by atoms with Crippen LogP contribution >= 0.6 is 0 Å². The van der Waals surface area contributed by atoms with Gasteiger partial charge in [0.15, 0.2) is 0 Å². The standard InChI is InChI=1S/C28H31N3O3/c1-28(2,3)34-26(32)14-19-8-11-31(12-9-19)18-20-6-7-22-16-29-17-24(23(22)13-20)25-15-21-5-4-10-30-27(21)33-25/h4-7,10,13,15-17,19H,8-9,11-12,14,18H2,1-3H3. The molecule has 0 bridgehead atoms. The average molecular weight is 458 g/mol. The lowest BCUT2D eigenvalue weighted by Crippen LogP contribution is -2.34. The van der Waals surface area contributed by atoms with Gasteiger partial charge in [-0.2, -0.15) is 0 Å². The number of benzene rings is 1. The minimum absolute atomic E-state index is 0.0811. The molecule has 1 aliphatic heterocycles. The number of piperidine rings is 1. The summed E-state index contributed by atoms with van der Waals surface area (Å²) >= 11 is 0. The van der Waals surface area contributed by atoms with Crippen LogP contribution < -0.4 is 0 Å². The zero-order valence-corrected chi connectivity index (χ0v) is 20.1. The molecule has 0 spiro atoms. The van der Waals surface area contributed by atoms with Gasteiger partial charge in [0.25, 0.3) is 0 Å². The molecule has 0 radical (unpaired) electrons. The molecule has 3 aromatic heterocycles. The number of rotatable bonds is 5. The van der Waals surface area contributed by atoms with Crippen LogP contribution in [0.3, 0.4) is 0 Å². The van der Waals surface area contributed by atoms with Gasteiger partial charge < -0.3 is 9.15 Å². The first kappa shape index (κ1) is 22.5. The second-order valence-corrected chi connectivity index (χ2v) is 10.3. The third-order valence-corrected chi connectivity index (χ3v) is 6.37. The molecular formula is C28H31N3O3. The summed E-state index contributed by atoms with van der Waals surface area (Å²) in [5, 5.41) is 3.21. The number of nitrogens with zero attached hydrogens (tertiary/aromatic N) is 3. The van der Waals surface area contributed by atoms with Gasteiger partial charge in [-0.25, -0.2) is 4.98 Å². The molecule has 1 saturated heterocycles. The highest BCUT2D eigenvalue weighted by molar-refractivity contribution is 5.96. The highest BCUT2D eigenvalue weighted by Crippen LogP contribution is 2.32. The van der Waals surface area contributed by atoms with Crippen LogP contribution in [0, 0.1) is 5.92 Å². The molecule has 1 fully saturated rings. The van der Waals surface area contributed by atoms with Crippen molar-refractivity contribution in [3.05, 3.63) is 60.6 Å². The lowest BCUT2D eigenvalue weighted by molar-refractivity contribution is -0.156. The summed E-state index contributed by atoms with van der Waals surface area (Å²) < 4.78 is 11.5. The van der Waals surface area contributed by atoms with E-state index in [9.17, 15) is 4.79 Å². The summed E-state index contributed by atoms with van der Waals surface area (Å²) in [6.45, 7) is 8.63. The maximum Gasteiger partial charge on any atom is 0.306 e. The summed E-state index contributed by atoms with van der Waals surface area (Å²) in [6.07, 6.45) is 8.06. The Morgan fingerprint density at radius 1 is 1.12 bits per heavy atom. The number of carbonyl (C=O) groups is 1. The van der Waals surface area contributed by atoms with Crippen LogP contribution in [-0.4, -0.2) is 39.5 Å². The zero-order valence-electron chi connectivity index (χ0n) is 20.1. The van der Waals surface area contributed by atoms with Gasteiger partial charge in [0, 0.05) is 47.9 Å². The molecule has 34 heavy (non-hydrogen) atoms. The predicted octanol–water partition coefficient (Wildman–Crippen LogP) is 5.99. The van der Waals surface area contributed by atoms with E-state index >= 15 is 0 Å². The van der Waals surface area contributed by atoms with E-state index in [0.717, 1.165) is 60.0 Å². The average Bonchev–Trinajstić information content (AvgIpc) is 3.23. The van der Waals surface area contributed by atoms with E-state index in [2.05, 4.69) is 33.1 Å². The Hall–Kier alpha value is -3.25. The summed E-state index contributed by atoms with van der Waals surface area (Å²) in [5.74, 6) is 1.11. The van der Waals surface area contributed by atoms with Gasteiger partial charge in [0.05, 0.1) is 0 Å². The highest BCUT2D eigenvalue weighted by atomic mass is 16.6. The number of furan rings is 1. The lowest BCUT2D eigenvalue weighted by atomic mass is 9.93. The Balaban J connectivity index is 1.28. The third kappa shape index (κ3) is 5.12.